The summed E-state index contributed by atoms with van der Waals surface area (Å²) in [7, 11) is 0. The second-order valence-corrected chi connectivity index (χ2v) is 11.0. The first-order chi connectivity index (χ1) is 16.3. The van der Waals surface area contributed by atoms with Crippen molar-refractivity contribution in [1.29, 1.82) is 0 Å². The summed E-state index contributed by atoms with van der Waals surface area (Å²) >= 11 is -0.605. The van der Waals surface area contributed by atoms with Gasteiger partial charge in [0, 0.05) is 0 Å². The van der Waals surface area contributed by atoms with Gasteiger partial charge in [-0.25, -0.2) is 0 Å². The molecular weight excluding hydrogens is 581 g/mol. The first-order valence-corrected chi connectivity index (χ1v) is 13.3. The molecule has 6 rings (SSSR count). The Kier molecular flexibility index (Phi) is 5.27. The molecule has 0 aliphatic rings. The molecule has 0 amide bonds. The van der Waals surface area contributed by atoms with E-state index < -0.39 is 17.7 Å². The van der Waals surface area contributed by atoms with Crippen LogP contribution in [-0.2, 0) is 17.7 Å². The van der Waals surface area contributed by atoms with Crippen LogP contribution < -0.4 is 8.15 Å². The second kappa shape index (κ2) is 8.71. The Morgan fingerprint density at radius 3 is 1.33 bits per heavy atom. The van der Waals surface area contributed by atoms with E-state index in [0.717, 1.165) is 22.4 Å². The Balaban J connectivity index is 1.42. The molecule has 0 radical (unpaired) electrons. The molecule has 0 N–H and O–H groups in total. The Bertz CT molecular complexity index is 1490. The molecular formula is C30H20IrN2+. The fourth-order valence-corrected chi connectivity index (χ4v) is 7.20. The normalized spacial score (nSPS) is 11.3. The number of pyridine rings is 2. The minimum absolute atomic E-state index is 0.605. The van der Waals surface area contributed by atoms with Gasteiger partial charge in [0.2, 0.25) is 0 Å². The number of hydrogen-bond acceptors (Lipinski definition) is 2. The molecule has 6 aromatic rings. The van der Waals surface area contributed by atoms with E-state index in [1.165, 1.54) is 30.1 Å². The molecule has 2 heterocycles. The summed E-state index contributed by atoms with van der Waals surface area (Å²) in [6.07, 6.45) is 0. The second-order valence-electron chi connectivity index (χ2n) is 7.77. The third-order valence-corrected chi connectivity index (χ3v) is 9.02. The van der Waals surface area contributed by atoms with E-state index >= 15 is 0 Å². The van der Waals surface area contributed by atoms with Gasteiger partial charge >= 0.3 is 201 Å². The van der Waals surface area contributed by atoms with Crippen molar-refractivity contribution in [1.82, 2.24) is 9.97 Å². The van der Waals surface area contributed by atoms with Gasteiger partial charge in [-0.05, 0) is 0 Å². The Labute approximate surface area is 200 Å². The standard InChI is InChI=1S/2C15H10N.Ir/c2*1-2-6-12(7-3-1)15-11-10-13-8-4-5-9-14(13)16-15;/h2*1-6,8-11H;/q;;+1. The Morgan fingerprint density at radius 2 is 0.818 bits per heavy atom. The number of nitrogens with zero attached hydrogens (tertiary/aromatic N) is 2. The molecule has 0 saturated heterocycles. The van der Waals surface area contributed by atoms with Gasteiger partial charge in [0.1, 0.15) is 0 Å². The van der Waals surface area contributed by atoms with E-state index in [0.29, 0.717) is 0 Å². The van der Waals surface area contributed by atoms with Gasteiger partial charge in [0.25, 0.3) is 0 Å². The monoisotopic (exact) mass is 601 g/mol. The minimum atomic E-state index is -0.605. The summed E-state index contributed by atoms with van der Waals surface area (Å²) in [4.78, 5) is 9.94. The molecule has 0 unspecified atom stereocenters. The van der Waals surface area contributed by atoms with Crippen LogP contribution in [-0.4, -0.2) is 9.97 Å². The third kappa shape index (κ3) is 3.98. The van der Waals surface area contributed by atoms with Gasteiger partial charge in [-0.2, -0.15) is 0 Å². The first kappa shape index (κ1) is 20.0. The molecule has 33 heavy (non-hydrogen) atoms. The summed E-state index contributed by atoms with van der Waals surface area (Å²) in [6.45, 7) is 0. The van der Waals surface area contributed by atoms with Gasteiger partial charge < -0.3 is 0 Å². The number of para-hydroxylation sites is 2. The predicted molar refractivity (Wildman–Crippen MR) is 134 cm³/mol. The van der Waals surface area contributed by atoms with Crippen LogP contribution in [0.25, 0.3) is 44.3 Å². The van der Waals surface area contributed by atoms with Gasteiger partial charge in [-0.1, -0.05) is 0 Å². The molecule has 0 saturated carbocycles. The quantitative estimate of drug-likeness (QED) is 0.243. The SMILES string of the molecule is c1ccc(-c2ccc3ccccc3n2)[c]([Ir+][c]2ccccc2-c2ccc3ccccc3n2)c1. The maximum atomic E-state index is 4.97. The number of fused-ring (bicyclic) bond motifs is 2. The van der Waals surface area contributed by atoms with Crippen LogP contribution in [0.2, 0.25) is 0 Å². The number of hydrogen-bond donors (Lipinski definition) is 0. The molecule has 0 spiro atoms. The summed E-state index contributed by atoms with van der Waals surface area (Å²) in [5.74, 6) is 0. The van der Waals surface area contributed by atoms with Crippen molar-refractivity contribution in [2.45, 2.75) is 0 Å². The molecule has 0 fully saturated rings. The third-order valence-electron chi connectivity index (χ3n) is 5.64. The fourth-order valence-electron chi connectivity index (χ4n) is 3.98. The van der Waals surface area contributed by atoms with E-state index in [1.54, 1.807) is 0 Å². The zero-order chi connectivity index (χ0) is 22.0. The van der Waals surface area contributed by atoms with Crippen LogP contribution in [0, 0.1) is 0 Å². The van der Waals surface area contributed by atoms with Crippen molar-refractivity contribution in [3.05, 3.63) is 121 Å². The zero-order valence-electron chi connectivity index (χ0n) is 17.8. The summed E-state index contributed by atoms with van der Waals surface area (Å²) in [5.41, 5.74) is 6.59. The van der Waals surface area contributed by atoms with E-state index in [-0.39, 0.29) is 0 Å². The summed E-state index contributed by atoms with van der Waals surface area (Å²) in [5, 5.41) is 2.34. The Hall–Kier alpha value is -3.65. The van der Waals surface area contributed by atoms with E-state index in [2.05, 4.69) is 109 Å². The summed E-state index contributed by atoms with van der Waals surface area (Å²) in [6, 6.07) is 42.6. The molecule has 2 nitrogen and oxygen atoms in total. The number of aromatic nitrogens is 2. The van der Waals surface area contributed by atoms with Crippen LogP contribution in [0.1, 0.15) is 0 Å². The van der Waals surface area contributed by atoms with E-state index in [4.69, 9.17) is 9.97 Å². The van der Waals surface area contributed by atoms with Gasteiger partial charge in [0.05, 0.1) is 0 Å². The van der Waals surface area contributed by atoms with Gasteiger partial charge in [0.15, 0.2) is 0 Å². The van der Waals surface area contributed by atoms with Gasteiger partial charge in [-0.15, -0.1) is 0 Å². The maximum absolute atomic E-state index is 4.97. The van der Waals surface area contributed by atoms with Gasteiger partial charge in [-0.3, -0.25) is 0 Å². The molecule has 0 aliphatic heterocycles. The molecule has 0 bridgehead atoms. The van der Waals surface area contributed by atoms with E-state index in [1.807, 2.05) is 12.1 Å². The fraction of sp³-hybridized carbons (Fsp3) is 0. The van der Waals surface area contributed by atoms with Crippen LogP contribution in [0.15, 0.2) is 121 Å². The molecule has 158 valence electrons. The zero-order valence-corrected chi connectivity index (χ0v) is 20.2. The number of rotatable bonds is 4. The topological polar surface area (TPSA) is 25.8 Å². The average Bonchev–Trinajstić information content (AvgIpc) is 2.89. The van der Waals surface area contributed by atoms with Crippen molar-refractivity contribution >= 4 is 30.0 Å². The van der Waals surface area contributed by atoms with Crippen molar-refractivity contribution in [3.63, 3.8) is 0 Å². The molecule has 4 aromatic carbocycles. The average molecular weight is 601 g/mol. The number of benzene rings is 4. The Morgan fingerprint density at radius 1 is 0.394 bits per heavy atom. The van der Waals surface area contributed by atoms with Crippen LogP contribution in [0.5, 0.6) is 0 Å². The summed E-state index contributed by atoms with van der Waals surface area (Å²) < 4.78 is 2.77. The van der Waals surface area contributed by atoms with Crippen molar-refractivity contribution in [3.8, 4) is 22.5 Å². The molecule has 2 aromatic heterocycles. The molecule has 0 aliphatic carbocycles. The first-order valence-electron chi connectivity index (χ1n) is 10.9. The molecule has 3 heteroatoms. The van der Waals surface area contributed by atoms with Crippen LogP contribution >= 0.6 is 0 Å². The van der Waals surface area contributed by atoms with Crippen LogP contribution in [0.4, 0.5) is 0 Å². The van der Waals surface area contributed by atoms with Crippen molar-refractivity contribution < 1.29 is 17.7 Å². The molecule has 0 atom stereocenters. The van der Waals surface area contributed by atoms with Crippen LogP contribution in [0.3, 0.4) is 0 Å². The van der Waals surface area contributed by atoms with E-state index in [9.17, 15) is 0 Å². The van der Waals surface area contributed by atoms with Crippen molar-refractivity contribution in [2.24, 2.45) is 0 Å². The predicted octanol–water partition coefficient (Wildman–Crippen LogP) is 6.15. The van der Waals surface area contributed by atoms with Crippen molar-refractivity contribution in [2.75, 3.05) is 0 Å².